The summed E-state index contributed by atoms with van der Waals surface area (Å²) < 4.78 is 0. The normalized spacial score (nSPS) is 14.5. The number of piperazine rings is 1. The van der Waals surface area contributed by atoms with E-state index in [4.69, 9.17) is 0 Å². The Bertz CT molecular complexity index is 1000. The van der Waals surface area contributed by atoms with Crippen molar-refractivity contribution in [2.24, 2.45) is 0 Å². The highest BCUT2D eigenvalue weighted by molar-refractivity contribution is 5.97. The SMILES string of the molecule is CC(NC(=O)c1cccc([N+](=O)[O-])c1)C(=O)N1CCN(C(=O)CCCc2ccccc2)CC1. The Morgan fingerprint density at radius 3 is 2.33 bits per heavy atom. The molecule has 1 fully saturated rings. The van der Waals surface area contributed by atoms with E-state index in [0.29, 0.717) is 32.6 Å². The van der Waals surface area contributed by atoms with Crippen LogP contribution in [0.2, 0.25) is 0 Å². The zero-order chi connectivity index (χ0) is 23.8. The molecule has 0 aliphatic carbocycles. The minimum absolute atomic E-state index is 0.0880. The number of rotatable bonds is 8. The van der Waals surface area contributed by atoms with Crippen LogP contribution in [0.1, 0.15) is 35.7 Å². The Morgan fingerprint density at radius 1 is 1.00 bits per heavy atom. The zero-order valence-electron chi connectivity index (χ0n) is 18.6. The van der Waals surface area contributed by atoms with Gasteiger partial charge in [0, 0.05) is 50.3 Å². The molecular weight excluding hydrogens is 424 g/mol. The molecular formula is C24H28N4O5. The predicted molar refractivity (Wildman–Crippen MR) is 123 cm³/mol. The van der Waals surface area contributed by atoms with Crippen LogP contribution in [0.15, 0.2) is 54.6 Å². The highest BCUT2D eigenvalue weighted by Gasteiger charge is 2.27. The number of amides is 3. The first-order valence-electron chi connectivity index (χ1n) is 11.0. The Morgan fingerprint density at radius 2 is 1.67 bits per heavy atom. The molecule has 2 aromatic rings. The van der Waals surface area contributed by atoms with Gasteiger partial charge in [-0.05, 0) is 31.4 Å². The molecule has 1 aliphatic rings. The molecule has 33 heavy (non-hydrogen) atoms. The second-order valence-corrected chi connectivity index (χ2v) is 8.05. The minimum Gasteiger partial charge on any atom is -0.341 e. The van der Waals surface area contributed by atoms with Crippen LogP contribution in [0.5, 0.6) is 0 Å². The molecule has 1 N–H and O–H groups in total. The molecule has 1 saturated heterocycles. The van der Waals surface area contributed by atoms with Gasteiger partial charge >= 0.3 is 0 Å². The summed E-state index contributed by atoms with van der Waals surface area (Å²) in [5, 5.41) is 13.5. The van der Waals surface area contributed by atoms with Crippen molar-refractivity contribution in [1.29, 1.82) is 0 Å². The van der Waals surface area contributed by atoms with Crippen molar-refractivity contribution in [3.8, 4) is 0 Å². The maximum Gasteiger partial charge on any atom is 0.270 e. The first-order chi connectivity index (χ1) is 15.8. The fourth-order valence-electron chi connectivity index (χ4n) is 3.80. The Labute approximate surface area is 192 Å². The number of hydrogen-bond acceptors (Lipinski definition) is 5. The zero-order valence-corrected chi connectivity index (χ0v) is 18.6. The van der Waals surface area contributed by atoms with Crippen molar-refractivity contribution in [2.75, 3.05) is 26.2 Å². The topological polar surface area (TPSA) is 113 Å². The third kappa shape index (κ3) is 6.61. The molecule has 0 spiro atoms. The van der Waals surface area contributed by atoms with Crippen LogP contribution >= 0.6 is 0 Å². The van der Waals surface area contributed by atoms with E-state index in [1.807, 2.05) is 30.3 Å². The number of aryl methyl sites for hydroxylation is 1. The molecule has 1 heterocycles. The van der Waals surface area contributed by atoms with Gasteiger partial charge in [0.2, 0.25) is 11.8 Å². The van der Waals surface area contributed by atoms with E-state index in [1.54, 1.807) is 16.7 Å². The van der Waals surface area contributed by atoms with Crippen molar-refractivity contribution in [3.63, 3.8) is 0 Å². The van der Waals surface area contributed by atoms with Crippen molar-refractivity contribution >= 4 is 23.4 Å². The predicted octanol–water partition coefficient (Wildman–Crippen LogP) is 2.41. The van der Waals surface area contributed by atoms with Gasteiger partial charge in [0.15, 0.2) is 0 Å². The molecule has 0 radical (unpaired) electrons. The van der Waals surface area contributed by atoms with Crippen LogP contribution in [0.4, 0.5) is 5.69 Å². The van der Waals surface area contributed by atoms with Crippen molar-refractivity contribution in [2.45, 2.75) is 32.2 Å². The van der Waals surface area contributed by atoms with Crippen LogP contribution < -0.4 is 5.32 Å². The van der Waals surface area contributed by atoms with E-state index in [9.17, 15) is 24.5 Å². The standard InChI is InChI=1S/C24H28N4O5/c1-18(25-23(30)20-10-6-11-21(17-20)28(32)33)24(31)27-15-13-26(14-16-27)22(29)12-5-9-19-7-3-2-4-8-19/h2-4,6-8,10-11,17-18H,5,9,12-16H2,1H3,(H,25,30). The first kappa shape index (κ1) is 23.9. The van der Waals surface area contributed by atoms with Crippen LogP contribution in [-0.4, -0.2) is 64.7 Å². The number of carbonyl (C=O) groups excluding carboxylic acids is 3. The second kappa shape index (κ2) is 11.2. The molecule has 3 rings (SSSR count). The monoisotopic (exact) mass is 452 g/mol. The number of benzene rings is 2. The molecule has 1 atom stereocenters. The Balaban J connectivity index is 1.43. The van der Waals surface area contributed by atoms with Gasteiger partial charge in [-0.2, -0.15) is 0 Å². The number of nitrogens with one attached hydrogen (secondary N) is 1. The summed E-state index contributed by atoms with van der Waals surface area (Å²) in [6.07, 6.45) is 2.11. The lowest BCUT2D eigenvalue weighted by Gasteiger charge is -2.36. The summed E-state index contributed by atoms with van der Waals surface area (Å²) in [6, 6.07) is 14.6. The van der Waals surface area contributed by atoms with Crippen molar-refractivity contribution in [1.82, 2.24) is 15.1 Å². The number of carbonyl (C=O) groups is 3. The van der Waals surface area contributed by atoms with E-state index in [2.05, 4.69) is 5.32 Å². The minimum atomic E-state index is -0.787. The molecule has 0 saturated carbocycles. The summed E-state index contributed by atoms with van der Waals surface area (Å²) in [6.45, 7) is 3.31. The molecule has 9 nitrogen and oxygen atoms in total. The van der Waals surface area contributed by atoms with E-state index in [1.165, 1.54) is 29.8 Å². The molecule has 2 aromatic carbocycles. The van der Waals surface area contributed by atoms with Crippen LogP contribution in [0, 0.1) is 10.1 Å². The van der Waals surface area contributed by atoms with Crippen molar-refractivity contribution < 1.29 is 19.3 Å². The molecule has 1 aliphatic heterocycles. The average Bonchev–Trinajstić information content (AvgIpc) is 2.84. The van der Waals surface area contributed by atoms with E-state index < -0.39 is 16.9 Å². The maximum absolute atomic E-state index is 12.7. The molecule has 174 valence electrons. The largest absolute Gasteiger partial charge is 0.341 e. The number of nitro benzene ring substituents is 1. The highest BCUT2D eigenvalue weighted by atomic mass is 16.6. The van der Waals surface area contributed by atoms with E-state index in [0.717, 1.165) is 12.8 Å². The summed E-state index contributed by atoms with van der Waals surface area (Å²) >= 11 is 0. The lowest BCUT2D eigenvalue weighted by molar-refractivity contribution is -0.384. The van der Waals surface area contributed by atoms with Crippen LogP contribution in [0.25, 0.3) is 0 Å². The number of nitro groups is 1. The lowest BCUT2D eigenvalue weighted by atomic mass is 10.1. The van der Waals surface area contributed by atoms with Gasteiger partial charge in [0.1, 0.15) is 6.04 Å². The van der Waals surface area contributed by atoms with Gasteiger partial charge in [-0.25, -0.2) is 0 Å². The van der Waals surface area contributed by atoms with Gasteiger partial charge in [0.05, 0.1) is 4.92 Å². The van der Waals surface area contributed by atoms with Crippen LogP contribution in [-0.2, 0) is 16.0 Å². The molecule has 9 heteroatoms. The van der Waals surface area contributed by atoms with E-state index >= 15 is 0 Å². The Kier molecular flexibility index (Phi) is 8.12. The van der Waals surface area contributed by atoms with Gasteiger partial charge in [0.25, 0.3) is 11.6 Å². The van der Waals surface area contributed by atoms with Crippen LogP contribution in [0.3, 0.4) is 0 Å². The summed E-state index contributed by atoms with van der Waals surface area (Å²) in [5.74, 6) is -0.707. The van der Waals surface area contributed by atoms with Gasteiger partial charge in [-0.1, -0.05) is 36.4 Å². The van der Waals surface area contributed by atoms with E-state index in [-0.39, 0.29) is 23.1 Å². The molecule has 3 amide bonds. The molecule has 0 aromatic heterocycles. The average molecular weight is 453 g/mol. The summed E-state index contributed by atoms with van der Waals surface area (Å²) in [7, 11) is 0. The van der Waals surface area contributed by atoms with Gasteiger partial charge in [-0.15, -0.1) is 0 Å². The molecule has 0 bridgehead atoms. The Hall–Kier alpha value is -3.75. The smallest absolute Gasteiger partial charge is 0.270 e. The third-order valence-electron chi connectivity index (χ3n) is 5.68. The summed E-state index contributed by atoms with van der Waals surface area (Å²) in [4.78, 5) is 51.4. The number of nitrogens with zero attached hydrogens (tertiary/aromatic N) is 3. The first-order valence-corrected chi connectivity index (χ1v) is 11.0. The summed E-state index contributed by atoms with van der Waals surface area (Å²) in [5.41, 5.74) is 1.14. The highest BCUT2D eigenvalue weighted by Crippen LogP contribution is 2.14. The number of hydrogen-bond donors (Lipinski definition) is 1. The maximum atomic E-state index is 12.7. The molecule has 1 unspecified atom stereocenters. The fourth-order valence-corrected chi connectivity index (χ4v) is 3.80. The van der Waals surface area contributed by atoms with Crippen molar-refractivity contribution in [3.05, 3.63) is 75.8 Å². The number of non-ortho nitro benzene ring substituents is 1. The van der Waals surface area contributed by atoms with Gasteiger partial charge in [-0.3, -0.25) is 24.5 Å². The lowest BCUT2D eigenvalue weighted by Crippen LogP contribution is -2.55. The fraction of sp³-hybridized carbons (Fsp3) is 0.375. The quantitative estimate of drug-likeness (QED) is 0.488. The third-order valence-corrected chi connectivity index (χ3v) is 5.68. The van der Waals surface area contributed by atoms with Gasteiger partial charge < -0.3 is 15.1 Å². The second-order valence-electron chi connectivity index (χ2n) is 8.05.